The van der Waals surface area contributed by atoms with Crippen LogP contribution >= 0.6 is 11.8 Å². The van der Waals surface area contributed by atoms with Gasteiger partial charge in [-0.2, -0.15) is 0 Å². The van der Waals surface area contributed by atoms with Crippen molar-refractivity contribution in [1.29, 1.82) is 0 Å². The Labute approximate surface area is 235 Å². The van der Waals surface area contributed by atoms with Crippen molar-refractivity contribution >= 4 is 41.0 Å². The van der Waals surface area contributed by atoms with Crippen LogP contribution in [0, 0.1) is 0 Å². The van der Waals surface area contributed by atoms with E-state index in [1.165, 1.54) is 17.8 Å². The van der Waals surface area contributed by atoms with Crippen LogP contribution in [0.15, 0.2) is 78.6 Å². The number of anilines is 2. The lowest BCUT2D eigenvalue weighted by atomic mass is 9.90. The SMILES string of the molecule is C=CC(=O)N[C@H]1CCC[C@H](NC(=O)C2Sc3nccc4c3C2NC(=O)N4c2ccc(Oc3ccccc3)nc2)C1. The van der Waals surface area contributed by atoms with Crippen LogP contribution in [0.3, 0.4) is 0 Å². The number of carbonyl (C=O) groups is 3. The van der Waals surface area contributed by atoms with Crippen molar-refractivity contribution in [1.82, 2.24) is 25.9 Å². The Balaban J connectivity index is 1.18. The number of amides is 4. The summed E-state index contributed by atoms with van der Waals surface area (Å²) in [5.41, 5.74) is 2.05. The summed E-state index contributed by atoms with van der Waals surface area (Å²) in [4.78, 5) is 49.1. The molecule has 0 radical (unpaired) electrons. The minimum Gasteiger partial charge on any atom is -0.439 e. The van der Waals surface area contributed by atoms with E-state index < -0.39 is 11.3 Å². The van der Waals surface area contributed by atoms with Crippen molar-refractivity contribution in [3.8, 4) is 11.6 Å². The van der Waals surface area contributed by atoms with Gasteiger partial charge in [0.05, 0.1) is 23.6 Å². The molecule has 1 aliphatic carbocycles. The van der Waals surface area contributed by atoms with Crippen LogP contribution in [0.2, 0.25) is 0 Å². The van der Waals surface area contributed by atoms with E-state index in [0.29, 0.717) is 34.5 Å². The van der Waals surface area contributed by atoms with Crippen LogP contribution in [0.25, 0.3) is 0 Å². The van der Waals surface area contributed by atoms with E-state index in [4.69, 9.17) is 4.74 Å². The van der Waals surface area contributed by atoms with Crippen molar-refractivity contribution in [3.05, 3.63) is 79.1 Å². The van der Waals surface area contributed by atoms with Crippen molar-refractivity contribution in [2.24, 2.45) is 0 Å². The number of nitrogens with one attached hydrogen (secondary N) is 3. The number of para-hydroxylation sites is 1. The third-order valence-corrected chi connectivity index (χ3v) is 8.55. The number of pyridine rings is 2. The molecule has 3 aliphatic rings. The fourth-order valence-electron chi connectivity index (χ4n) is 5.45. The molecule has 0 bridgehead atoms. The van der Waals surface area contributed by atoms with Crippen LogP contribution in [-0.4, -0.2) is 45.1 Å². The molecule has 4 amide bonds. The van der Waals surface area contributed by atoms with E-state index in [1.54, 1.807) is 35.5 Å². The quantitative estimate of drug-likeness (QED) is 0.369. The van der Waals surface area contributed by atoms with Crippen LogP contribution < -0.4 is 25.6 Å². The van der Waals surface area contributed by atoms with E-state index in [9.17, 15) is 14.4 Å². The highest BCUT2D eigenvalue weighted by Crippen LogP contribution is 2.50. The van der Waals surface area contributed by atoms with Gasteiger partial charge in [0, 0.05) is 29.9 Å². The Bertz CT molecular complexity index is 1450. The number of ether oxygens (including phenoxy) is 1. The summed E-state index contributed by atoms with van der Waals surface area (Å²) in [5.74, 6) is 0.712. The number of hydrogen-bond acceptors (Lipinski definition) is 7. The number of aromatic nitrogens is 2. The van der Waals surface area contributed by atoms with Crippen molar-refractivity contribution in [2.45, 2.75) is 54.1 Å². The molecule has 4 heterocycles. The van der Waals surface area contributed by atoms with Gasteiger partial charge in [-0.15, -0.1) is 0 Å². The van der Waals surface area contributed by atoms with Crippen LogP contribution in [-0.2, 0) is 9.59 Å². The Hall–Kier alpha value is -4.38. The van der Waals surface area contributed by atoms with Gasteiger partial charge in [0.1, 0.15) is 16.0 Å². The van der Waals surface area contributed by atoms with Gasteiger partial charge in [-0.3, -0.25) is 14.5 Å². The Morgan fingerprint density at radius 1 is 1.07 bits per heavy atom. The highest BCUT2D eigenvalue weighted by atomic mass is 32.2. The second kappa shape index (κ2) is 11.0. The highest BCUT2D eigenvalue weighted by Gasteiger charge is 2.47. The number of benzene rings is 1. The predicted molar refractivity (Wildman–Crippen MR) is 151 cm³/mol. The van der Waals surface area contributed by atoms with Gasteiger partial charge in [0.25, 0.3) is 0 Å². The van der Waals surface area contributed by atoms with E-state index >= 15 is 0 Å². The zero-order valence-electron chi connectivity index (χ0n) is 21.6. The zero-order valence-corrected chi connectivity index (χ0v) is 22.4. The maximum Gasteiger partial charge on any atom is 0.327 e. The molecule has 0 saturated heterocycles. The zero-order chi connectivity index (χ0) is 27.6. The molecule has 2 aromatic heterocycles. The fraction of sp³-hybridized carbons (Fsp3) is 0.276. The van der Waals surface area contributed by atoms with Gasteiger partial charge >= 0.3 is 6.03 Å². The lowest BCUT2D eigenvalue weighted by molar-refractivity contribution is -0.121. The van der Waals surface area contributed by atoms with Gasteiger partial charge in [-0.1, -0.05) is 36.5 Å². The molecule has 0 spiro atoms. The second-order valence-corrected chi connectivity index (χ2v) is 11.0. The molecular weight excluding hydrogens is 528 g/mol. The number of rotatable bonds is 7. The number of hydrogen-bond donors (Lipinski definition) is 3. The standard InChI is InChI=1S/C29H28N6O4S/c1-2-22(36)32-17-7-6-8-18(15-17)33-27(37)26-25-24-21(13-14-30-28(24)40-26)35(29(38)34-25)19-11-12-23(31-16-19)39-20-9-4-3-5-10-20/h2-5,9-14,16-18,25-26H,1,6-8,15H2,(H,32,36)(H,33,37)(H,34,38)/t17-,18-,25?,26?/m0/s1. The van der Waals surface area contributed by atoms with E-state index in [2.05, 4.69) is 32.5 Å². The minimum atomic E-state index is -0.558. The molecule has 40 heavy (non-hydrogen) atoms. The predicted octanol–water partition coefficient (Wildman–Crippen LogP) is 4.38. The first-order valence-electron chi connectivity index (χ1n) is 13.2. The van der Waals surface area contributed by atoms with Crippen LogP contribution in [0.1, 0.15) is 37.3 Å². The third-order valence-electron chi connectivity index (χ3n) is 7.26. The molecule has 4 atom stereocenters. The molecule has 2 aliphatic heterocycles. The maximum absolute atomic E-state index is 13.5. The first-order chi connectivity index (χ1) is 19.5. The third kappa shape index (κ3) is 5.12. The first kappa shape index (κ1) is 25.9. The summed E-state index contributed by atoms with van der Waals surface area (Å²) in [5, 5.41) is 9.27. The number of carbonyl (C=O) groups excluding carboxylic acids is 3. The normalized spacial score (nSPS) is 23.0. The summed E-state index contributed by atoms with van der Waals surface area (Å²) in [6.45, 7) is 3.51. The monoisotopic (exact) mass is 556 g/mol. The van der Waals surface area contributed by atoms with Crippen molar-refractivity contribution in [3.63, 3.8) is 0 Å². The van der Waals surface area contributed by atoms with Gasteiger partial charge in [0.15, 0.2) is 0 Å². The van der Waals surface area contributed by atoms with Gasteiger partial charge in [-0.05, 0) is 56.0 Å². The summed E-state index contributed by atoms with van der Waals surface area (Å²) in [6.07, 6.45) is 7.75. The lowest BCUT2D eigenvalue weighted by Gasteiger charge is -2.35. The summed E-state index contributed by atoms with van der Waals surface area (Å²) in [7, 11) is 0. The van der Waals surface area contributed by atoms with E-state index in [0.717, 1.165) is 24.8 Å². The van der Waals surface area contributed by atoms with Crippen LogP contribution in [0.4, 0.5) is 16.2 Å². The Morgan fingerprint density at radius 3 is 2.62 bits per heavy atom. The molecule has 204 valence electrons. The molecule has 3 aromatic rings. The van der Waals surface area contributed by atoms with Crippen LogP contribution in [0.5, 0.6) is 11.6 Å². The van der Waals surface area contributed by atoms with Gasteiger partial charge in [0.2, 0.25) is 17.7 Å². The van der Waals surface area contributed by atoms with E-state index in [1.807, 2.05) is 30.3 Å². The average Bonchev–Trinajstić information content (AvgIpc) is 3.34. The van der Waals surface area contributed by atoms with Crippen molar-refractivity contribution < 1.29 is 19.1 Å². The lowest BCUT2D eigenvalue weighted by Crippen LogP contribution is -2.51. The summed E-state index contributed by atoms with van der Waals surface area (Å²) in [6, 6.07) is 13.7. The number of thioether (sulfide) groups is 1. The molecular formula is C29H28N6O4S. The molecule has 2 unspecified atom stereocenters. The molecule has 1 saturated carbocycles. The first-order valence-corrected chi connectivity index (χ1v) is 14.1. The number of nitrogens with zero attached hydrogens (tertiary/aromatic N) is 3. The summed E-state index contributed by atoms with van der Waals surface area (Å²) >= 11 is 1.35. The fourth-order valence-corrected chi connectivity index (χ4v) is 6.69. The van der Waals surface area contributed by atoms with Gasteiger partial charge in [-0.25, -0.2) is 14.8 Å². The molecule has 11 heteroatoms. The highest BCUT2D eigenvalue weighted by molar-refractivity contribution is 8.01. The topological polar surface area (TPSA) is 126 Å². The Morgan fingerprint density at radius 2 is 1.88 bits per heavy atom. The molecule has 1 aromatic carbocycles. The van der Waals surface area contributed by atoms with E-state index in [-0.39, 0.29) is 29.9 Å². The molecule has 3 N–H and O–H groups in total. The van der Waals surface area contributed by atoms with Crippen molar-refractivity contribution in [2.75, 3.05) is 4.90 Å². The largest absolute Gasteiger partial charge is 0.439 e. The average molecular weight is 557 g/mol. The summed E-state index contributed by atoms with van der Waals surface area (Å²) < 4.78 is 5.78. The Kier molecular flexibility index (Phi) is 7.12. The maximum atomic E-state index is 13.5. The molecule has 6 rings (SSSR count). The van der Waals surface area contributed by atoms with Gasteiger partial charge < -0.3 is 20.7 Å². The molecule has 1 fully saturated rings. The number of urea groups is 1. The minimum absolute atomic E-state index is 0.00715. The second-order valence-electron chi connectivity index (χ2n) is 9.90. The smallest absolute Gasteiger partial charge is 0.327 e. The molecule has 10 nitrogen and oxygen atoms in total.